The molecule has 0 aliphatic carbocycles. The summed E-state index contributed by atoms with van der Waals surface area (Å²) >= 11 is 5.94. The van der Waals surface area contributed by atoms with Crippen molar-refractivity contribution in [3.8, 4) is 11.5 Å². The number of rotatable bonds is 4. The van der Waals surface area contributed by atoms with Gasteiger partial charge in [-0.1, -0.05) is 11.6 Å². The zero-order valence-electron chi connectivity index (χ0n) is 11.9. The first-order chi connectivity index (χ1) is 10.8. The highest BCUT2D eigenvalue weighted by molar-refractivity contribution is 6.30. The number of nitrogens with zero attached hydrogens (tertiary/aromatic N) is 4. The zero-order valence-corrected chi connectivity index (χ0v) is 12.7. The molecular weight excluding hydrogens is 302 g/mol. The molecule has 1 fully saturated rings. The summed E-state index contributed by atoms with van der Waals surface area (Å²) in [7, 11) is 0. The number of halogens is 1. The van der Waals surface area contributed by atoms with Crippen molar-refractivity contribution in [2.45, 2.75) is 19.0 Å². The van der Waals surface area contributed by atoms with E-state index < -0.39 is 0 Å². The Hall–Kier alpha value is -2.05. The molecule has 114 valence electrons. The maximum Gasteiger partial charge on any atom is 0.152 e. The fourth-order valence-electron chi connectivity index (χ4n) is 2.91. The summed E-state index contributed by atoms with van der Waals surface area (Å²) < 4.78 is 7.84. The van der Waals surface area contributed by atoms with E-state index in [0.717, 1.165) is 43.3 Å². The van der Waals surface area contributed by atoms with Crippen LogP contribution < -0.4 is 0 Å². The van der Waals surface area contributed by atoms with E-state index >= 15 is 0 Å². The van der Waals surface area contributed by atoms with Crippen molar-refractivity contribution in [3.05, 3.63) is 47.6 Å². The third-order valence-corrected chi connectivity index (χ3v) is 4.19. The summed E-state index contributed by atoms with van der Waals surface area (Å²) in [5.41, 5.74) is 0.900. The predicted molar refractivity (Wildman–Crippen MR) is 82.5 cm³/mol. The Balaban J connectivity index is 1.40. The van der Waals surface area contributed by atoms with Crippen molar-refractivity contribution in [2.75, 3.05) is 13.1 Å². The van der Waals surface area contributed by atoms with Gasteiger partial charge in [-0.3, -0.25) is 14.7 Å². The van der Waals surface area contributed by atoms with Gasteiger partial charge in [0.15, 0.2) is 5.76 Å². The number of furan rings is 1. The molecule has 1 N–H and O–H groups in total. The highest BCUT2D eigenvalue weighted by Gasteiger charge is 2.25. The molecule has 0 bridgehead atoms. The molecule has 4 heterocycles. The van der Waals surface area contributed by atoms with E-state index in [9.17, 15) is 0 Å². The minimum Gasteiger partial charge on any atom is -0.458 e. The van der Waals surface area contributed by atoms with Gasteiger partial charge < -0.3 is 4.42 Å². The van der Waals surface area contributed by atoms with Crippen molar-refractivity contribution in [2.24, 2.45) is 0 Å². The summed E-state index contributed by atoms with van der Waals surface area (Å²) in [5.74, 6) is 1.78. The summed E-state index contributed by atoms with van der Waals surface area (Å²) in [6.07, 6.45) is 6.37. The largest absolute Gasteiger partial charge is 0.458 e. The van der Waals surface area contributed by atoms with Crippen molar-refractivity contribution < 1.29 is 4.42 Å². The van der Waals surface area contributed by atoms with Gasteiger partial charge in [-0.05, 0) is 24.6 Å². The lowest BCUT2D eigenvalue weighted by Crippen LogP contribution is -2.21. The molecule has 1 atom stereocenters. The van der Waals surface area contributed by atoms with Crippen molar-refractivity contribution in [3.63, 3.8) is 0 Å². The lowest BCUT2D eigenvalue weighted by molar-refractivity contribution is 0.285. The number of likely N-dealkylation sites (tertiary alicyclic amines) is 1. The van der Waals surface area contributed by atoms with Gasteiger partial charge in [0.1, 0.15) is 11.5 Å². The predicted octanol–water partition coefficient (Wildman–Crippen LogP) is 2.97. The van der Waals surface area contributed by atoms with E-state index in [4.69, 9.17) is 16.0 Å². The average Bonchev–Trinajstić information content (AvgIpc) is 3.26. The number of aromatic amines is 1. The minimum atomic E-state index is 0.384. The van der Waals surface area contributed by atoms with Crippen LogP contribution in [-0.2, 0) is 6.54 Å². The zero-order chi connectivity index (χ0) is 14.9. The summed E-state index contributed by atoms with van der Waals surface area (Å²) in [6, 6.07) is 6.28. The number of aromatic nitrogens is 4. The second-order valence-electron chi connectivity index (χ2n) is 5.55. The van der Waals surface area contributed by atoms with Gasteiger partial charge in [0.25, 0.3) is 0 Å². The molecule has 0 aromatic carbocycles. The number of H-pyrrole nitrogens is 1. The highest BCUT2D eigenvalue weighted by Crippen LogP contribution is 2.25. The molecule has 0 unspecified atom stereocenters. The lowest BCUT2D eigenvalue weighted by atomic mass is 10.3. The van der Waals surface area contributed by atoms with Crippen molar-refractivity contribution in [1.29, 1.82) is 0 Å². The highest BCUT2D eigenvalue weighted by atomic mass is 35.5. The van der Waals surface area contributed by atoms with Crippen LogP contribution in [0.4, 0.5) is 0 Å². The Bertz CT molecular complexity index is 748. The van der Waals surface area contributed by atoms with Crippen LogP contribution in [0.2, 0.25) is 5.02 Å². The van der Waals surface area contributed by atoms with Crippen LogP contribution in [0.1, 0.15) is 18.2 Å². The summed E-state index contributed by atoms with van der Waals surface area (Å²) in [5, 5.41) is 11.8. The molecule has 0 radical (unpaired) electrons. The summed E-state index contributed by atoms with van der Waals surface area (Å²) in [6.45, 7) is 2.79. The van der Waals surface area contributed by atoms with Crippen LogP contribution in [0, 0.1) is 0 Å². The van der Waals surface area contributed by atoms with E-state index in [0.29, 0.717) is 11.1 Å². The smallest absolute Gasteiger partial charge is 0.152 e. The molecule has 4 rings (SSSR count). The SMILES string of the molecule is Clc1cnn([C@H]2CCN(Cc3ccc(-c4ccn[nH]4)o3)C2)c1. The second-order valence-corrected chi connectivity index (χ2v) is 5.99. The van der Waals surface area contributed by atoms with Crippen LogP contribution in [0.25, 0.3) is 11.5 Å². The van der Waals surface area contributed by atoms with Gasteiger partial charge in [0.05, 0.1) is 23.8 Å². The van der Waals surface area contributed by atoms with Gasteiger partial charge in [-0.15, -0.1) is 0 Å². The molecule has 7 heteroatoms. The van der Waals surface area contributed by atoms with Crippen molar-refractivity contribution in [1.82, 2.24) is 24.9 Å². The third kappa shape index (κ3) is 2.67. The van der Waals surface area contributed by atoms with Gasteiger partial charge in [-0.25, -0.2) is 0 Å². The molecule has 0 amide bonds. The normalized spacial score (nSPS) is 19.0. The Labute approximate surface area is 132 Å². The molecular formula is C15H16ClN5O. The van der Waals surface area contributed by atoms with E-state index in [1.165, 1.54) is 0 Å². The standard InChI is InChI=1S/C15H16ClN5O/c16-11-7-18-21(8-11)12-4-6-20(9-12)10-13-1-2-15(22-13)14-3-5-17-19-14/h1-3,5,7-8,12H,4,6,9-10H2,(H,17,19)/t12-/m0/s1. The Morgan fingerprint density at radius 1 is 1.36 bits per heavy atom. The van der Waals surface area contributed by atoms with Gasteiger partial charge in [0.2, 0.25) is 0 Å². The quantitative estimate of drug-likeness (QED) is 0.803. The molecule has 22 heavy (non-hydrogen) atoms. The van der Waals surface area contributed by atoms with E-state index in [1.54, 1.807) is 12.4 Å². The van der Waals surface area contributed by atoms with Gasteiger partial charge in [0, 0.05) is 25.5 Å². The molecule has 3 aromatic heterocycles. The monoisotopic (exact) mass is 317 g/mol. The molecule has 0 saturated carbocycles. The molecule has 1 aliphatic rings. The fourth-order valence-corrected chi connectivity index (χ4v) is 3.05. The number of hydrogen-bond donors (Lipinski definition) is 1. The first-order valence-corrected chi connectivity index (χ1v) is 7.66. The Morgan fingerprint density at radius 2 is 2.32 bits per heavy atom. The summed E-state index contributed by atoms with van der Waals surface area (Å²) in [4.78, 5) is 2.37. The van der Waals surface area contributed by atoms with E-state index in [2.05, 4.69) is 20.2 Å². The van der Waals surface area contributed by atoms with Gasteiger partial charge >= 0.3 is 0 Å². The Morgan fingerprint density at radius 3 is 3.09 bits per heavy atom. The minimum absolute atomic E-state index is 0.384. The molecule has 1 saturated heterocycles. The van der Waals surface area contributed by atoms with Crippen LogP contribution in [0.15, 0.2) is 41.2 Å². The van der Waals surface area contributed by atoms with Crippen LogP contribution in [0.3, 0.4) is 0 Å². The molecule has 0 spiro atoms. The van der Waals surface area contributed by atoms with Crippen LogP contribution in [-0.4, -0.2) is 38.0 Å². The fraction of sp³-hybridized carbons (Fsp3) is 0.333. The van der Waals surface area contributed by atoms with Crippen molar-refractivity contribution >= 4 is 11.6 Å². The molecule has 6 nitrogen and oxygen atoms in total. The van der Waals surface area contributed by atoms with Gasteiger partial charge in [-0.2, -0.15) is 10.2 Å². The second kappa shape index (κ2) is 5.62. The van der Waals surface area contributed by atoms with E-state index in [1.807, 2.05) is 29.1 Å². The maximum atomic E-state index is 5.94. The lowest BCUT2D eigenvalue weighted by Gasteiger charge is -2.14. The van der Waals surface area contributed by atoms with Crippen LogP contribution >= 0.6 is 11.6 Å². The first kappa shape index (κ1) is 13.6. The number of hydrogen-bond acceptors (Lipinski definition) is 4. The Kier molecular flexibility index (Phi) is 3.48. The topological polar surface area (TPSA) is 62.9 Å². The first-order valence-electron chi connectivity index (χ1n) is 7.28. The molecule has 3 aromatic rings. The third-order valence-electron chi connectivity index (χ3n) is 4.00. The maximum absolute atomic E-state index is 5.94. The average molecular weight is 318 g/mol. The molecule has 1 aliphatic heterocycles. The number of nitrogens with one attached hydrogen (secondary N) is 1. The van der Waals surface area contributed by atoms with Crippen LogP contribution in [0.5, 0.6) is 0 Å². The van der Waals surface area contributed by atoms with E-state index in [-0.39, 0.29) is 0 Å².